The molecule has 1 fully saturated rings. The Kier molecular flexibility index (Phi) is 5.82. The Balaban J connectivity index is 2.19. The standard InChI is InChI=1S/C15H28BrN5/c1-6-21-13(15(16)11(2)18-21)9-12(17-3)14-10-19(4)7-8-20(14)5/h12,14,17H,6-10H2,1-5H3. The third-order valence-corrected chi connectivity index (χ3v) is 5.63. The van der Waals surface area contributed by atoms with Crippen molar-refractivity contribution in [2.75, 3.05) is 40.8 Å². The molecule has 2 rings (SSSR count). The summed E-state index contributed by atoms with van der Waals surface area (Å²) in [6.07, 6.45) is 0.995. The summed E-state index contributed by atoms with van der Waals surface area (Å²) in [5, 5.41) is 8.14. The van der Waals surface area contributed by atoms with Gasteiger partial charge in [-0.3, -0.25) is 9.58 Å². The number of likely N-dealkylation sites (N-methyl/N-ethyl adjacent to an activating group) is 3. The van der Waals surface area contributed by atoms with Crippen LogP contribution in [0.25, 0.3) is 0 Å². The van der Waals surface area contributed by atoms with Crippen molar-refractivity contribution in [3.8, 4) is 0 Å². The van der Waals surface area contributed by atoms with E-state index in [1.807, 2.05) is 0 Å². The van der Waals surface area contributed by atoms with Crippen molar-refractivity contribution in [2.24, 2.45) is 0 Å². The van der Waals surface area contributed by atoms with Crippen LogP contribution in [0.2, 0.25) is 0 Å². The summed E-state index contributed by atoms with van der Waals surface area (Å²) in [4.78, 5) is 4.90. The molecule has 1 N–H and O–H groups in total. The van der Waals surface area contributed by atoms with Gasteiger partial charge in [0.15, 0.2) is 0 Å². The average Bonchev–Trinajstić information content (AvgIpc) is 2.74. The fourth-order valence-corrected chi connectivity index (χ4v) is 3.63. The molecule has 2 unspecified atom stereocenters. The first-order valence-electron chi connectivity index (χ1n) is 7.75. The van der Waals surface area contributed by atoms with Crippen LogP contribution in [-0.4, -0.2) is 72.4 Å². The van der Waals surface area contributed by atoms with E-state index in [0.29, 0.717) is 12.1 Å². The van der Waals surface area contributed by atoms with Crippen molar-refractivity contribution in [1.82, 2.24) is 24.9 Å². The first-order chi connectivity index (χ1) is 9.97. The Morgan fingerprint density at radius 1 is 1.38 bits per heavy atom. The van der Waals surface area contributed by atoms with Gasteiger partial charge < -0.3 is 10.2 Å². The molecular weight excluding hydrogens is 330 g/mol. The highest BCUT2D eigenvalue weighted by atomic mass is 79.9. The van der Waals surface area contributed by atoms with Gasteiger partial charge >= 0.3 is 0 Å². The molecule has 0 radical (unpaired) electrons. The summed E-state index contributed by atoms with van der Waals surface area (Å²) in [5.41, 5.74) is 2.38. The van der Waals surface area contributed by atoms with E-state index in [0.717, 1.165) is 42.8 Å². The number of nitrogens with zero attached hydrogens (tertiary/aromatic N) is 4. The van der Waals surface area contributed by atoms with Crippen LogP contribution in [0.1, 0.15) is 18.3 Å². The third-order valence-electron chi connectivity index (χ3n) is 4.60. The number of hydrogen-bond donors (Lipinski definition) is 1. The van der Waals surface area contributed by atoms with Crippen LogP contribution in [0, 0.1) is 6.92 Å². The first-order valence-corrected chi connectivity index (χ1v) is 8.55. The second-order valence-corrected chi connectivity index (χ2v) is 6.86. The average molecular weight is 358 g/mol. The van der Waals surface area contributed by atoms with Crippen molar-refractivity contribution in [2.45, 2.75) is 38.9 Å². The summed E-state index contributed by atoms with van der Waals surface area (Å²) in [7, 11) is 6.52. The Morgan fingerprint density at radius 2 is 2.10 bits per heavy atom. The minimum absolute atomic E-state index is 0.426. The highest BCUT2D eigenvalue weighted by Crippen LogP contribution is 2.24. The van der Waals surface area contributed by atoms with E-state index in [4.69, 9.17) is 0 Å². The molecule has 1 aromatic heterocycles. The molecule has 1 saturated heterocycles. The number of nitrogens with one attached hydrogen (secondary N) is 1. The number of aromatic nitrogens is 2. The summed E-state index contributed by atoms with van der Waals surface area (Å²) < 4.78 is 3.28. The van der Waals surface area contributed by atoms with Gasteiger partial charge in [-0.25, -0.2) is 0 Å². The molecule has 0 aliphatic carbocycles. The van der Waals surface area contributed by atoms with Crippen molar-refractivity contribution in [3.63, 3.8) is 0 Å². The maximum Gasteiger partial charge on any atom is 0.0738 e. The van der Waals surface area contributed by atoms with Gasteiger partial charge in [0.2, 0.25) is 0 Å². The van der Waals surface area contributed by atoms with E-state index in [9.17, 15) is 0 Å². The fraction of sp³-hybridized carbons (Fsp3) is 0.800. The lowest BCUT2D eigenvalue weighted by Crippen LogP contribution is -2.58. The quantitative estimate of drug-likeness (QED) is 0.862. The molecule has 5 nitrogen and oxygen atoms in total. The predicted molar refractivity (Wildman–Crippen MR) is 90.8 cm³/mol. The second-order valence-electron chi connectivity index (χ2n) is 6.07. The number of aryl methyl sites for hydroxylation is 2. The molecule has 6 heteroatoms. The molecule has 0 bridgehead atoms. The SMILES string of the molecule is CCn1nc(C)c(Br)c1CC(NC)C1CN(C)CCN1C. The van der Waals surface area contributed by atoms with Crippen LogP contribution in [0.15, 0.2) is 4.47 Å². The van der Waals surface area contributed by atoms with Crippen LogP contribution in [0.3, 0.4) is 0 Å². The van der Waals surface area contributed by atoms with Crippen molar-refractivity contribution in [1.29, 1.82) is 0 Å². The second kappa shape index (κ2) is 7.22. The van der Waals surface area contributed by atoms with E-state index in [-0.39, 0.29) is 0 Å². The number of rotatable bonds is 5. The summed E-state index contributed by atoms with van der Waals surface area (Å²) in [6.45, 7) is 8.52. The highest BCUT2D eigenvalue weighted by Gasteiger charge is 2.30. The van der Waals surface area contributed by atoms with Gasteiger partial charge in [-0.05, 0) is 50.9 Å². The lowest BCUT2D eigenvalue weighted by Gasteiger charge is -2.42. The van der Waals surface area contributed by atoms with Gasteiger partial charge in [-0.1, -0.05) is 0 Å². The van der Waals surface area contributed by atoms with Gasteiger partial charge in [0.25, 0.3) is 0 Å². The maximum atomic E-state index is 4.61. The molecular formula is C15H28BrN5. The van der Waals surface area contributed by atoms with Gasteiger partial charge in [0.05, 0.1) is 15.9 Å². The molecule has 21 heavy (non-hydrogen) atoms. The molecule has 120 valence electrons. The Hall–Kier alpha value is -0.430. The van der Waals surface area contributed by atoms with E-state index in [1.54, 1.807) is 0 Å². The Morgan fingerprint density at radius 3 is 2.71 bits per heavy atom. The van der Waals surface area contributed by atoms with Gasteiger partial charge in [-0.2, -0.15) is 5.10 Å². The Bertz CT molecular complexity index is 473. The molecule has 0 saturated carbocycles. The number of halogens is 1. The lowest BCUT2D eigenvalue weighted by molar-refractivity contribution is 0.0891. The zero-order chi connectivity index (χ0) is 15.6. The van der Waals surface area contributed by atoms with Crippen LogP contribution in [0.5, 0.6) is 0 Å². The van der Waals surface area contributed by atoms with E-state index >= 15 is 0 Å². The van der Waals surface area contributed by atoms with Crippen molar-refractivity contribution in [3.05, 3.63) is 15.9 Å². The zero-order valence-corrected chi connectivity index (χ0v) is 15.4. The topological polar surface area (TPSA) is 36.3 Å². The lowest BCUT2D eigenvalue weighted by atomic mass is 9.99. The van der Waals surface area contributed by atoms with E-state index in [2.05, 4.69) is 75.8 Å². The molecule has 0 spiro atoms. The summed E-state index contributed by atoms with van der Waals surface area (Å²) in [5.74, 6) is 0. The number of piperazine rings is 1. The summed E-state index contributed by atoms with van der Waals surface area (Å²) in [6, 6.07) is 0.955. The summed E-state index contributed by atoms with van der Waals surface area (Å²) >= 11 is 3.72. The van der Waals surface area contributed by atoms with E-state index < -0.39 is 0 Å². The van der Waals surface area contributed by atoms with Gasteiger partial charge in [0, 0.05) is 44.7 Å². The molecule has 1 aliphatic rings. The van der Waals surface area contributed by atoms with Crippen LogP contribution >= 0.6 is 15.9 Å². The largest absolute Gasteiger partial charge is 0.315 e. The van der Waals surface area contributed by atoms with Crippen molar-refractivity contribution >= 4 is 15.9 Å². The van der Waals surface area contributed by atoms with E-state index in [1.165, 1.54) is 5.69 Å². The predicted octanol–water partition coefficient (Wildman–Crippen LogP) is 1.35. The minimum Gasteiger partial charge on any atom is -0.315 e. The molecule has 2 heterocycles. The first kappa shape index (κ1) is 16.9. The molecule has 1 aliphatic heterocycles. The minimum atomic E-state index is 0.426. The van der Waals surface area contributed by atoms with Crippen LogP contribution in [0.4, 0.5) is 0 Å². The maximum absolute atomic E-state index is 4.61. The van der Waals surface area contributed by atoms with Crippen molar-refractivity contribution < 1.29 is 0 Å². The van der Waals surface area contributed by atoms with Gasteiger partial charge in [-0.15, -0.1) is 0 Å². The van der Waals surface area contributed by atoms with Crippen LogP contribution < -0.4 is 5.32 Å². The molecule has 0 amide bonds. The highest BCUT2D eigenvalue weighted by molar-refractivity contribution is 9.10. The van der Waals surface area contributed by atoms with Crippen LogP contribution in [-0.2, 0) is 13.0 Å². The van der Waals surface area contributed by atoms with Gasteiger partial charge in [0.1, 0.15) is 0 Å². The normalized spacial score (nSPS) is 22.7. The fourth-order valence-electron chi connectivity index (χ4n) is 3.18. The molecule has 0 aromatic carbocycles. The molecule has 2 atom stereocenters. The zero-order valence-electron chi connectivity index (χ0n) is 13.9. The monoisotopic (exact) mass is 357 g/mol. The number of hydrogen-bond acceptors (Lipinski definition) is 4. The molecule has 1 aromatic rings. The smallest absolute Gasteiger partial charge is 0.0738 e. The third kappa shape index (κ3) is 3.67. The Labute approximate surface area is 136 Å².